The molecular weight excluding hydrogens is 256 g/mol. The van der Waals surface area contributed by atoms with Crippen LogP contribution in [-0.4, -0.2) is 27.8 Å². The van der Waals surface area contributed by atoms with Crippen molar-refractivity contribution in [1.29, 1.82) is 0 Å². The summed E-state index contributed by atoms with van der Waals surface area (Å²) < 4.78 is 0. The summed E-state index contributed by atoms with van der Waals surface area (Å²) in [6.07, 6.45) is -0.661. The number of azide groups is 1. The second kappa shape index (κ2) is 5.29. The number of hydrogen-bond donors (Lipinski definition) is 3. The third-order valence-electron chi connectivity index (χ3n) is 2.69. The van der Waals surface area contributed by atoms with Crippen molar-refractivity contribution in [3.63, 3.8) is 0 Å². The highest BCUT2D eigenvalue weighted by molar-refractivity contribution is 6.31. The van der Waals surface area contributed by atoms with E-state index in [1.54, 1.807) is 24.4 Å². The lowest BCUT2D eigenvalue weighted by Crippen LogP contribution is -2.20. The molecule has 18 heavy (non-hydrogen) atoms. The second-order valence-corrected chi connectivity index (χ2v) is 4.30. The van der Waals surface area contributed by atoms with E-state index in [1.165, 1.54) is 0 Å². The van der Waals surface area contributed by atoms with Gasteiger partial charge >= 0.3 is 0 Å². The zero-order valence-corrected chi connectivity index (χ0v) is 10.0. The van der Waals surface area contributed by atoms with E-state index in [-0.39, 0.29) is 6.54 Å². The van der Waals surface area contributed by atoms with Crippen LogP contribution < -0.4 is 0 Å². The molecule has 2 atom stereocenters. The molecule has 0 aliphatic carbocycles. The molecule has 0 amide bonds. The number of fused-ring (bicyclic) bond motifs is 1. The Hall–Kier alpha value is -1.72. The summed E-state index contributed by atoms with van der Waals surface area (Å²) in [7, 11) is 0. The van der Waals surface area contributed by atoms with E-state index in [2.05, 4.69) is 15.0 Å². The molecule has 0 fully saturated rings. The molecule has 0 saturated carbocycles. The van der Waals surface area contributed by atoms with Crippen LogP contribution in [0.5, 0.6) is 0 Å². The number of aliphatic hydroxyl groups is 2. The minimum absolute atomic E-state index is 0.183. The van der Waals surface area contributed by atoms with Crippen molar-refractivity contribution in [3.8, 4) is 0 Å². The van der Waals surface area contributed by atoms with Gasteiger partial charge in [0, 0.05) is 32.6 Å². The number of aromatic amines is 1. The van der Waals surface area contributed by atoms with E-state index < -0.39 is 12.2 Å². The summed E-state index contributed by atoms with van der Waals surface area (Å²) in [5.74, 6) is 0. The minimum Gasteiger partial charge on any atom is -0.390 e. The Morgan fingerprint density at radius 3 is 2.94 bits per heavy atom. The second-order valence-electron chi connectivity index (χ2n) is 3.86. The first-order valence-electron chi connectivity index (χ1n) is 5.27. The molecule has 1 aromatic carbocycles. The van der Waals surface area contributed by atoms with Crippen LogP contribution in [0.3, 0.4) is 0 Å². The molecular formula is C11H11ClN4O2. The Morgan fingerprint density at radius 2 is 2.22 bits per heavy atom. The number of aliphatic hydroxyl groups excluding tert-OH is 2. The van der Waals surface area contributed by atoms with Gasteiger partial charge in [0.25, 0.3) is 0 Å². The number of nitrogens with zero attached hydrogens (tertiary/aromatic N) is 3. The van der Waals surface area contributed by atoms with Gasteiger partial charge in [-0.05, 0) is 17.7 Å². The summed E-state index contributed by atoms with van der Waals surface area (Å²) >= 11 is 5.85. The van der Waals surface area contributed by atoms with E-state index in [0.717, 1.165) is 10.9 Å². The number of hydrogen-bond acceptors (Lipinski definition) is 3. The number of benzene rings is 1. The topological polar surface area (TPSA) is 105 Å². The molecule has 2 rings (SSSR count). The van der Waals surface area contributed by atoms with Crippen molar-refractivity contribution in [2.24, 2.45) is 5.11 Å². The van der Waals surface area contributed by atoms with Crippen LogP contribution in [0.25, 0.3) is 21.3 Å². The Balaban J connectivity index is 2.33. The maximum absolute atomic E-state index is 9.99. The first kappa shape index (κ1) is 12.7. The normalized spacial score (nSPS) is 14.2. The Labute approximate surface area is 107 Å². The monoisotopic (exact) mass is 266 g/mol. The summed E-state index contributed by atoms with van der Waals surface area (Å²) in [5.41, 5.74) is 9.49. The Morgan fingerprint density at radius 1 is 1.44 bits per heavy atom. The SMILES string of the molecule is [N-]=[N+]=NCC(O)C(O)c1c[nH]c2cc(Cl)ccc12. The molecule has 2 aromatic rings. The predicted octanol–water partition coefficient (Wildman–Crippen LogP) is 2.53. The van der Waals surface area contributed by atoms with Crippen LogP contribution in [0.2, 0.25) is 5.02 Å². The van der Waals surface area contributed by atoms with E-state index in [0.29, 0.717) is 10.6 Å². The number of nitrogens with one attached hydrogen (secondary N) is 1. The van der Waals surface area contributed by atoms with Crippen molar-refractivity contribution in [2.45, 2.75) is 12.2 Å². The number of aromatic nitrogens is 1. The zero-order chi connectivity index (χ0) is 13.1. The van der Waals surface area contributed by atoms with Crippen LogP contribution in [-0.2, 0) is 0 Å². The molecule has 94 valence electrons. The van der Waals surface area contributed by atoms with Gasteiger partial charge in [-0.1, -0.05) is 22.8 Å². The highest BCUT2D eigenvalue weighted by Crippen LogP contribution is 2.28. The lowest BCUT2D eigenvalue weighted by atomic mass is 10.0. The molecule has 0 spiro atoms. The minimum atomic E-state index is -1.14. The smallest absolute Gasteiger partial charge is 0.107 e. The highest BCUT2D eigenvalue weighted by atomic mass is 35.5. The van der Waals surface area contributed by atoms with Gasteiger partial charge in [-0.2, -0.15) is 0 Å². The van der Waals surface area contributed by atoms with Gasteiger partial charge in [0.05, 0.1) is 12.6 Å². The zero-order valence-electron chi connectivity index (χ0n) is 9.29. The lowest BCUT2D eigenvalue weighted by molar-refractivity contribution is 0.0253. The van der Waals surface area contributed by atoms with Crippen molar-refractivity contribution in [1.82, 2.24) is 4.98 Å². The van der Waals surface area contributed by atoms with Gasteiger partial charge in [0.1, 0.15) is 6.10 Å². The van der Waals surface area contributed by atoms with Gasteiger partial charge in [-0.15, -0.1) is 0 Å². The quantitative estimate of drug-likeness (QED) is 0.449. The Kier molecular flexibility index (Phi) is 3.74. The third-order valence-corrected chi connectivity index (χ3v) is 2.93. The van der Waals surface area contributed by atoms with Gasteiger partial charge < -0.3 is 15.2 Å². The van der Waals surface area contributed by atoms with Gasteiger partial charge in [-0.3, -0.25) is 0 Å². The van der Waals surface area contributed by atoms with Gasteiger partial charge in [0.2, 0.25) is 0 Å². The van der Waals surface area contributed by atoms with Crippen LogP contribution in [0.15, 0.2) is 29.5 Å². The molecule has 7 heteroatoms. The highest BCUT2D eigenvalue weighted by Gasteiger charge is 2.20. The molecule has 0 aliphatic heterocycles. The van der Waals surface area contributed by atoms with Crippen LogP contribution in [0.1, 0.15) is 11.7 Å². The molecule has 0 aliphatic rings. The molecule has 1 aromatic heterocycles. The molecule has 2 unspecified atom stereocenters. The Bertz CT molecular complexity index is 606. The van der Waals surface area contributed by atoms with Gasteiger partial charge in [-0.25, -0.2) is 0 Å². The summed E-state index contributed by atoms with van der Waals surface area (Å²) in [6, 6.07) is 5.19. The summed E-state index contributed by atoms with van der Waals surface area (Å²) in [4.78, 5) is 5.50. The maximum Gasteiger partial charge on any atom is 0.107 e. The average Bonchev–Trinajstić information content (AvgIpc) is 2.77. The fourth-order valence-corrected chi connectivity index (χ4v) is 1.96. The van der Waals surface area contributed by atoms with Crippen molar-refractivity contribution < 1.29 is 10.2 Å². The average molecular weight is 267 g/mol. The summed E-state index contributed by atoms with van der Waals surface area (Å²) in [5, 5.41) is 24.3. The number of H-pyrrole nitrogens is 1. The largest absolute Gasteiger partial charge is 0.390 e. The third kappa shape index (κ3) is 2.42. The standard InChI is InChI=1S/C11H11ClN4O2/c12-6-1-2-7-8(4-14-9(7)3-6)11(18)10(17)5-15-16-13/h1-4,10-11,14,17-18H,5H2. The van der Waals surface area contributed by atoms with E-state index in [1.807, 2.05) is 0 Å². The maximum atomic E-state index is 9.99. The van der Waals surface area contributed by atoms with Crippen LogP contribution in [0.4, 0.5) is 0 Å². The first-order chi connectivity index (χ1) is 8.63. The first-order valence-corrected chi connectivity index (χ1v) is 5.65. The number of rotatable bonds is 4. The van der Waals surface area contributed by atoms with Crippen molar-refractivity contribution >= 4 is 22.5 Å². The van der Waals surface area contributed by atoms with E-state index >= 15 is 0 Å². The van der Waals surface area contributed by atoms with E-state index in [4.69, 9.17) is 17.1 Å². The van der Waals surface area contributed by atoms with Crippen LogP contribution >= 0.6 is 11.6 Å². The molecule has 0 saturated heterocycles. The number of halogens is 1. The molecule has 0 bridgehead atoms. The van der Waals surface area contributed by atoms with E-state index in [9.17, 15) is 10.2 Å². The molecule has 0 radical (unpaired) electrons. The molecule has 3 N–H and O–H groups in total. The van der Waals surface area contributed by atoms with Crippen molar-refractivity contribution in [3.05, 3.63) is 45.4 Å². The molecule has 6 nitrogen and oxygen atoms in total. The summed E-state index contributed by atoms with van der Waals surface area (Å²) in [6.45, 7) is -0.183. The predicted molar refractivity (Wildman–Crippen MR) is 68.3 cm³/mol. The molecule has 1 heterocycles. The lowest BCUT2D eigenvalue weighted by Gasteiger charge is -2.15. The fourth-order valence-electron chi connectivity index (χ4n) is 1.79. The van der Waals surface area contributed by atoms with Crippen LogP contribution in [0, 0.1) is 0 Å². The van der Waals surface area contributed by atoms with Gasteiger partial charge in [0.15, 0.2) is 0 Å². The fraction of sp³-hybridized carbons (Fsp3) is 0.273. The van der Waals surface area contributed by atoms with Crippen molar-refractivity contribution in [2.75, 3.05) is 6.54 Å².